The highest BCUT2D eigenvalue weighted by molar-refractivity contribution is 7.09. The number of hydrogen-bond acceptors (Lipinski definition) is 4. The van der Waals surface area contributed by atoms with E-state index in [2.05, 4.69) is 50.2 Å². The van der Waals surface area contributed by atoms with Gasteiger partial charge < -0.3 is 10.5 Å². The number of nitrogens with two attached hydrogens (primary N) is 1. The summed E-state index contributed by atoms with van der Waals surface area (Å²) in [5.74, 6) is 0. The van der Waals surface area contributed by atoms with Crippen molar-refractivity contribution in [2.45, 2.75) is 45.4 Å². The minimum Gasteiger partial charge on any atom is -0.378 e. The number of hydrogen-bond donors (Lipinski definition) is 1. The first-order chi connectivity index (χ1) is 8.89. The van der Waals surface area contributed by atoms with Crippen LogP contribution in [0, 0.1) is 5.41 Å². The monoisotopic (exact) mass is 282 g/mol. The van der Waals surface area contributed by atoms with E-state index in [0.717, 1.165) is 26.1 Å². The molecule has 1 aromatic rings. The Morgan fingerprint density at radius 1 is 1.53 bits per heavy atom. The molecule has 1 aliphatic carbocycles. The lowest BCUT2D eigenvalue weighted by atomic mass is 9.54. The summed E-state index contributed by atoms with van der Waals surface area (Å²) in [4.78, 5) is 3.72. The first kappa shape index (κ1) is 15.0. The average Bonchev–Trinajstić information content (AvgIpc) is 2.81. The van der Waals surface area contributed by atoms with E-state index in [0.29, 0.717) is 6.10 Å². The van der Waals surface area contributed by atoms with Crippen LogP contribution in [0.15, 0.2) is 17.5 Å². The summed E-state index contributed by atoms with van der Waals surface area (Å²) >= 11 is 1.80. The molecule has 19 heavy (non-hydrogen) atoms. The van der Waals surface area contributed by atoms with Crippen LogP contribution in [-0.4, -0.2) is 36.7 Å². The van der Waals surface area contributed by atoms with Gasteiger partial charge in [-0.05, 0) is 31.8 Å². The second kappa shape index (κ2) is 5.52. The van der Waals surface area contributed by atoms with Gasteiger partial charge in [0.25, 0.3) is 0 Å². The van der Waals surface area contributed by atoms with Crippen LogP contribution < -0.4 is 5.73 Å². The van der Waals surface area contributed by atoms with Crippen molar-refractivity contribution >= 4 is 11.3 Å². The van der Waals surface area contributed by atoms with Gasteiger partial charge in [-0.25, -0.2) is 0 Å². The molecular formula is C15H26N2OS. The van der Waals surface area contributed by atoms with E-state index in [1.165, 1.54) is 4.88 Å². The zero-order valence-electron chi connectivity index (χ0n) is 12.5. The first-order valence-electron chi connectivity index (χ1n) is 7.00. The minimum absolute atomic E-state index is 0.0483. The Bertz CT molecular complexity index is 404. The molecule has 2 rings (SSSR count). The Balaban J connectivity index is 1.92. The smallest absolute Gasteiger partial charge is 0.0662 e. The average molecular weight is 282 g/mol. The largest absolute Gasteiger partial charge is 0.378 e. The highest BCUT2D eigenvalue weighted by Crippen LogP contribution is 2.50. The number of ether oxygens (including phenoxy) is 1. The van der Waals surface area contributed by atoms with Gasteiger partial charge in [0.05, 0.1) is 6.10 Å². The summed E-state index contributed by atoms with van der Waals surface area (Å²) in [5, 5.41) is 2.12. The summed E-state index contributed by atoms with van der Waals surface area (Å²) in [6.45, 7) is 9.18. The fraction of sp³-hybridized carbons (Fsp3) is 0.733. The van der Waals surface area contributed by atoms with Crippen molar-refractivity contribution in [1.29, 1.82) is 0 Å². The molecule has 0 bridgehead atoms. The van der Waals surface area contributed by atoms with Crippen molar-refractivity contribution in [3.05, 3.63) is 22.4 Å². The molecule has 2 unspecified atom stereocenters. The van der Waals surface area contributed by atoms with E-state index in [1.807, 2.05) is 0 Å². The van der Waals surface area contributed by atoms with Gasteiger partial charge in [-0.1, -0.05) is 19.9 Å². The van der Waals surface area contributed by atoms with Gasteiger partial charge in [-0.3, -0.25) is 4.90 Å². The van der Waals surface area contributed by atoms with E-state index in [4.69, 9.17) is 10.5 Å². The molecule has 0 amide bonds. The predicted octanol–water partition coefficient (Wildman–Crippen LogP) is 2.71. The molecular weight excluding hydrogens is 256 g/mol. The zero-order valence-corrected chi connectivity index (χ0v) is 13.3. The summed E-state index contributed by atoms with van der Waals surface area (Å²) in [5.41, 5.74) is 6.52. The van der Waals surface area contributed by atoms with Crippen molar-refractivity contribution in [2.75, 3.05) is 20.2 Å². The quantitative estimate of drug-likeness (QED) is 0.872. The van der Waals surface area contributed by atoms with Crippen LogP contribution in [0.2, 0.25) is 0 Å². The Morgan fingerprint density at radius 3 is 2.79 bits per heavy atom. The van der Waals surface area contributed by atoms with Crippen LogP contribution in [-0.2, 0) is 11.3 Å². The van der Waals surface area contributed by atoms with Crippen molar-refractivity contribution < 1.29 is 4.74 Å². The van der Waals surface area contributed by atoms with Gasteiger partial charge >= 0.3 is 0 Å². The molecule has 1 heterocycles. The molecule has 3 nitrogen and oxygen atoms in total. The molecule has 0 saturated heterocycles. The fourth-order valence-corrected chi connectivity index (χ4v) is 3.77. The van der Waals surface area contributed by atoms with Crippen LogP contribution in [0.5, 0.6) is 0 Å². The first-order valence-corrected chi connectivity index (χ1v) is 7.88. The maximum absolute atomic E-state index is 6.61. The summed E-state index contributed by atoms with van der Waals surface area (Å²) in [6, 6.07) is 4.28. The highest BCUT2D eigenvalue weighted by atomic mass is 32.1. The van der Waals surface area contributed by atoms with Crippen LogP contribution in [0.4, 0.5) is 0 Å². The minimum atomic E-state index is -0.140. The standard InChI is InChI=1S/C15H26N2OS/c1-5-18-13-9-15(16,14(13,2)3)11-17(4)10-12-7-6-8-19-12/h6-8,13H,5,9-11,16H2,1-4H3. The Morgan fingerprint density at radius 2 is 2.26 bits per heavy atom. The van der Waals surface area contributed by atoms with E-state index in [9.17, 15) is 0 Å². The number of likely N-dealkylation sites (N-methyl/N-ethyl adjacent to an activating group) is 1. The van der Waals surface area contributed by atoms with Crippen LogP contribution >= 0.6 is 11.3 Å². The van der Waals surface area contributed by atoms with Crippen molar-refractivity contribution in [3.63, 3.8) is 0 Å². The van der Waals surface area contributed by atoms with Gasteiger partial charge in [-0.2, -0.15) is 0 Å². The number of rotatable bonds is 6. The molecule has 1 aromatic heterocycles. The zero-order chi connectivity index (χ0) is 14.1. The van der Waals surface area contributed by atoms with Crippen molar-refractivity contribution in [1.82, 2.24) is 4.90 Å². The van der Waals surface area contributed by atoms with Crippen LogP contribution in [0.3, 0.4) is 0 Å². The molecule has 0 aromatic carbocycles. The van der Waals surface area contributed by atoms with Gasteiger partial charge in [0, 0.05) is 35.5 Å². The predicted molar refractivity (Wildman–Crippen MR) is 81.4 cm³/mol. The topological polar surface area (TPSA) is 38.5 Å². The fourth-order valence-electron chi connectivity index (χ4n) is 2.98. The molecule has 2 N–H and O–H groups in total. The van der Waals surface area contributed by atoms with E-state index in [-0.39, 0.29) is 11.0 Å². The second-order valence-electron chi connectivity index (χ2n) is 6.28. The molecule has 1 fully saturated rings. The lowest BCUT2D eigenvalue weighted by Crippen LogP contribution is -2.73. The van der Waals surface area contributed by atoms with Crippen molar-refractivity contribution in [2.24, 2.45) is 11.1 Å². The Hall–Kier alpha value is -0.420. The van der Waals surface area contributed by atoms with Gasteiger partial charge in [0.15, 0.2) is 0 Å². The maximum Gasteiger partial charge on any atom is 0.0662 e. The second-order valence-corrected chi connectivity index (χ2v) is 7.31. The number of thiophene rings is 1. The highest BCUT2D eigenvalue weighted by Gasteiger charge is 2.58. The lowest BCUT2D eigenvalue weighted by molar-refractivity contribution is -0.155. The molecule has 1 saturated carbocycles. The third-order valence-electron chi connectivity index (χ3n) is 4.56. The lowest BCUT2D eigenvalue weighted by Gasteiger charge is -2.60. The summed E-state index contributed by atoms with van der Waals surface area (Å²) in [7, 11) is 2.15. The SMILES string of the molecule is CCOC1CC(N)(CN(C)Cc2cccs2)C1(C)C. The van der Waals surface area contributed by atoms with Gasteiger partial charge in [0.1, 0.15) is 0 Å². The Labute approximate surface area is 120 Å². The van der Waals surface area contributed by atoms with E-state index < -0.39 is 0 Å². The maximum atomic E-state index is 6.61. The van der Waals surface area contributed by atoms with Crippen molar-refractivity contribution in [3.8, 4) is 0 Å². The van der Waals surface area contributed by atoms with Crippen LogP contribution in [0.1, 0.15) is 32.1 Å². The summed E-state index contributed by atoms with van der Waals surface area (Å²) in [6.07, 6.45) is 1.26. The third kappa shape index (κ3) is 2.87. The van der Waals surface area contributed by atoms with Gasteiger partial charge in [-0.15, -0.1) is 11.3 Å². The molecule has 0 radical (unpaired) electrons. The molecule has 0 aliphatic heterocycles. The normalized spacial score (nSPS) is 29.5. The van der Waals surface area contributed by atoms with E-state index in [1.54, 1.807) is 11.3 Å². The van der Waals surface area contributed by atoms with E-state index >= 15 is 0 Å². The summed E-state index contributed by atoms with van der Waals surface area (Å²) < 4.78 is 5.78. The van der Waals surface area contributed by atoms with Gasteiger partial charge in [0.2, 0.25) is 0 Å². The Kier molecular flexibility index (Phi) is 4.35. The molecule has 4 heteroatoms. The molecule has 1 aliphatic rings. The molecule has 108 valence electrons. The van der Waals surface area contributed by atoms with Crippen LogP contribution in [0.25, 0.3) is 0 Å². The molecule has 0 spiro atoms. The third-order valence-corrected chi connectivity index (χ3v) is 5.42. The molecule has 2 atom stereocenters. The number of nitrogens with zero attached hydrogens (tertiary/aromatic N) is 1.